The maximum atomic E-state index is 12.6. The van der Waals surface area contributed by atoms with Crippen LogP contribution >= 0.6 is 0 Å². The molecule has 162 valence electrons. The van der Waals surface area contributed by atoms with Crippen LogP contribution in [0.4, 0.5) is 5.69 Å². The van der Waals surface area contributed by atoms with Gasteiger partial charge in [0.2, 0.25) is 5.91 Å². The lowest BCUT2D eigenvalue weighted by Gasteiger charge is -2.26. The fourth-order valence-electron chi connectivity index (χ4n) is 4.06. The Bertz CT molecular complexity index is 829. The van der Waals surface area contributed by atoms with E-state index in [4.69, 9.17) is 9.47 Å². The average molecular weight is 411 g/mol. The number of methoxy groups -OCH3 is 1. The summed E-state index contributed by atoms with van der Waals surface area (Å²) in [7, 11) is 3.50. The molecule has 0 unspecified atom stereocenters. The molecule has 0 heterocycles. The van der Waals surface area contributed by atoms with Gasteiger partial charge in [-0.3, -0.25) is 4.79 Å². The van der Waals surface area contributed by atoms with E-state index in [9.17, 15) is 4.79 Å². The van der Waals surface area contributed by atoms with E-state index in [1.165, 1.54) is 31.2 Å². The Balaban J connectivity index is 1.59. The summed E-state index contributed by atoms with van der Waals surface area (Å²) in [5, 5.41) is 6.10. The Hall–Kier alpha value is -2.53. The molecule has 2 N–H and O–H groups in total. The predicted molar refractivity (Wildman–Crippen MR) is 122 cm³/mol. The molecule has 5 heteroatoms. The molecule has 0 spiro atoms. The Kier molecular flexibility index (Phi) is 8.14. The third kappa shape index (κ3) is 6.23. The molecule has 0 bridgehead atoms. The summed E-state index contributed by atoms with van der Waals surface area (Å²) in [6.45, 7) is 3.65. The summed E-state index contributed by atoms with van der Waals surface area (Å²) in [6.07, 6.45) is 5.34. The second-order valence-electron chi connectivity index (χ2n) is 8.24. The summed E-state index contributed by atoms with van der Waals surface area (Å²) in [6, 6.07) is 14.0. The molecule has 5 nitrogen and oxygen atoms in total. The van der Waals surface area contributed by atoms with Crippen LogP contribution in [0.2, 0.25) is 0 Å². The van der Waals surface area contributed by atoms with Crippen molar-refractivity contribution in [1.29, 1.82) is 0 Å². The molecule has 1 amide bonds. The third-order valence-electron chi connectivity index (χ3n) is 5.86. The lowest BCUT2D eigenvalue weighted by Crippen LogP contribution is -2.16. The number of hydrogen-bond donors (Lipinski definition) is 2. The van der Waals surface area contributed by atoms with Gasteiger partial charge in [0.05, 0.1) is 13.5 Å². The normalized spacial score (nSPS) is 18.6. The predicted octanol–water partition coefficient (Wildman–Crippen LogP) is 4.77. The van der Waals surface area contributed by atoms with E-state index in [0.29, 0.717) is 30.4 Å². The monoisotopic (exact) mass is 410 g/mol. The molecule has 2 aromatic carbocycles. The molecule has 0 saturated heterocycles. The van der Waals surface area contributed by atoms with Gasteiger partial charge in [0, 0.05) is 12.2 Å². The van der Waals surface area contributed by atoms with Crippen molar-refractivity contribution in [3.63, 3.8) is 0 Å². The van der Waals surface area contributed by atoms with Gasteiger partial charge in [0.15, 0.2) is 11.5 Å². The van der Waals surface area contributed by atoms with Crippen molar-refractivity contribution in [2.24, 2.45) is 5.92 Å². The minimum atomic E-state index is -0.0321. The van der Waals surface area contributed by atoms with Crippen molar-refractivity contribution in [2.75, 3.05) is 32.6 Å². The number of hydrogen-bond acceptors (Lipinski definition) is 4. The minimum Gasteiger partial charge on any atom is -0.493 e. The van der Waals surface area contributed by atoms with Crippen LogP contribution in [-0.4, -0.2) is 33.2 Å². The van der Waals surface area contributed by atoms with Gasteiger partial charge in [0.25, 0.3) is 0 Å². The summed E-state index contributed by atoms with van der Waals surface area (Å²) >= 11 is 0. The molecule has 1 fully saturated rings. The number of rotatable bonds is 9. The number of carbonyl (C=O) groups excluding carboxylic acids is 1. The molecular weight excluding hydrogens is 376 g/mol. The first-order chi connectivity index (χ1) is 14.6. The van der Waals surface area contributed by atoms with Gasteiger partial charge in [-0.25, -0.2) is 0 Å². The molecule has 0 aromatic heterocycles. The maximum Gasteiger partial charge on any atom is 0.228 e. The quantitative estimate of drug-likeness (QED) is 0.585. The highest BCUT2D eigenvalue weighted by Crippen LogP contribution is 2.36. The highest BCUT2D eigenvalue weighted by Gasteiger charge is 2.20. The van der Waals surface area contributed by atoms with E-state index in [1.807, 2.05) is 37.4 Å². The van der Waals surface area contributed by atoms with E-state index in [0.717, 1.165) is 23.7 Å². The Labute approximate surface area is 180 Å². The van der Waals surface area contributed by atoms with Crippen LogP contribution < -0.4 is 20.1 Å². The second-order valence-corrected chi connectivity index (χ2v) is 8.24. The smallest absolute Gasteiger partial charge is 0.228 e. The number of anilines is 1. The van der Waals surface area contributed by atoms with E-state index in [1.54, 1.807) is 7.11 Å². The molecule has 0 aliphatic heterocycles. The van der Waals surface area contributed by atoms with Crippen LogP contribution in [-0.2, 0) is 11.2 Å². The van der Waals surface area contributed by atoms with Gasteiger partial charge in [-0.15, -0.1) is 0 Å². The molecule has 2 aromatic rings. The lowest BCUT2D eigenvalue weighted by atomic mass is 9.79. The van der Waals surface area contributed by atoms with Crippen molar-refractivity contribution in [1.82, 2.24) is 5.32 Å². The fraction of sp³-hybridized carbons (Fsp3) is 0.480. The van der Waals surface area contributed by atoms with E-state index < -0.39 is 0 Å². The molecule has 0 radical (unpaired) electrons. The van der Waals surface area contributed by atoms with Crippen molar-refractivity contribution in [2.45, 2.75) is 44.9 Å². The maximum absolute atomic E-state index is 12.6. The molecule has 3 rings (SSSR count). The van der Waals surface area contributed by atoms with Crippen LogP contribution in [0, 0.1) is 5.92 Å². The van der Waals surface area contributed by atoms with Crippen LogP contribution in [0.25, 0.3) is 0 Å². The van der Waals surface area contributed by atoms with E-state index in [2.05, 4.69) is 29.7 Å². The standard InChI is InChI=1S/C25H34N2O3/c1-18-7-10-20(11-8-18)21-5-4-6-22(17-21)27-25(28)16-19-9-12-23(24(15-19)29-3)30-14-13-26-2/h4-6,9,12,15,17-18,20,26H,7-8,10-11,13-14,16H2,1-3H3,(H,27,28). The minimum absolute atomic E-state index is 0.0321. The number of benzene rings is 2. The first-order valence-corrected chi connectivity index (χ1v) is 10.9. The fourth-order valence-corrected chi connectivity index (χ4v) is 4.06. The summed E-state index contributed by atoms with van der Waals surface area (Å²) < 4.78 is 11.1. The topological polar surface area (TPSA) is 59.6 Å². The summed E-state index contributed by atoms with van der Waals surface area (Å²) in [5.74, 6) is 2.74. The first-order valence-electron chi connectivity index (χ1n) is 10.9. The van der Waals surface area contributed by atoms with Crippen molar-refractivity contribution < 1.29 is 14.3 Å². The van der Waals surface area contributed by atoms with Crippen molar-refractivity contribution in [3.8, 4) is 11.5 Å². The highest BCUT2D eigenvalue weighted by molar-refractivity contribution is 5.92. The molecular formula is C25H34N2O3. The van der Waals surface area contributed by atoms with Gasteiger partial charge in [0.1, 0.15) is 6.61 Å². The summed E-state index contributed by atoms with van der Waals surface area (Å²) in [4.78, 5) is 12.6. The number of amides is 1. The van der Waals surface area contributed by atoms with Crippen molar-refractivity contribution in [3.05, 3.63) is 53.6 Å². The van der Waals surface area contributed by atoms with Crippen LogP contribution in [0.1, 0.15) is 49.7 Å². The van der Waals surface area contributed by atoms with E-state index in [-0.39, 0.29) is 5.91 Å². The Morgan fingerprint density at radius 1 is 1.07 bits per heavy atom. The molecule has 1 aliphatic rings. The lowest BCUT2D eigenvalue weighted by molar-refractivity contribution is -0.115. The number of likely N-dealkylation sites (N-methyl/N-ethyl adjacent to an activating group) is 1. The zero-order valence-electron chi connectivity index (χ0n) is 18.4. The van der Waals surface area contributed by atoms with Gasteiger partial charge >= 0.3 is 0 Å². The Morgan fingerprint density at radius 2 is 1.87 bits per heavy atom. The first kappa shape index (κ1) is 22.2. The third-order valence-corrected chi connectivity index (χ3v) is 5.86. The van der Waals surface area contributed by atoms with Crippen LogP contribution in [0.5, 0.6) is 11.5 Å². The highest BCUT2D eigenvalue weighted by atomic mass is 16.5. The van der Waals surface area contributed by atoms with Gasteiger partial charge < -0.3 is 20.1 Å². The molecule has 1 saturated carbocycles. The van der Waals surface area contributed by atoms with Crippen molar-refractivity contribution >= 4 is 11.6 Å². The summed E-state index contributed by atoms with van der Waals surface area (Å²) in [5.41, 5.74) is 3.10. The second kappa shape index (κ2) is 11.0. The van der Waals surface area contributed by atoms with E-state index >= 15 is 0 Å². The number of carbonyl (C=O) groups is 1. The van der Waals surface area contributed by atoms with Crippen LogP contribution in [0.15, 0.2) is 42.5 Å². The number of nitrogens with one attached hydrogen (secondary N) is 2. The molecule has 30 heavy (non-hydrogen) atoms. The largest absolute Gasteiger partial charge is 0.493 e. The SMILES string of the molecule is CNCCOc1ccc(CC(=O)Nc2cccc(C3CCC(C)CC3)c2)cc1OC. The van der Waals surface area contributed by atoms with Gasteiger partial charge in [-0.2, -0.15) is 0 Å². The van der Waals surface area contributed by atoms with Crippen LogP contribution in [0.3, 0.4) is 0 Å². The molecule has 1 aliphatic carbocycles. The van der Waals surface area contributed by atoms with Gasteiger partial charge in [-0.1, -0.05) is 38.0 Å². The zero-order chi connectivity index (χ0) is 21.3. The van der Waals surface area contributed by atoms with Gasteiger partial charge in [-0.05, 0) is 67.1 Å². The average Bonchev–Trinajstić information content (AvgIpc) is 2.75. The zero-order valence-corrected chi connectivity index (χ0v) is 18.4. The molecule has 0 atom stereocenters. The Morgan fingerprint density at radius 3 is 2.60 bits per heavy atom. The number of ether oxygens (including phenoxy) is 2.